The number of nitrogens with two attached hydrogens (primary N) is 3. The molecular weight excluding hydrogens is 354 g/mol. The van der Waals surface area contributed by atoms with Gasteiger partial charge in [-0.3, -0.25) is 9.59 Å². The Bertz CT molecular complexity index is 656. The van der Waals surface area contributed by atoms with Crippen molar-refractivity contribution in [3.63, 3.8) is 0 Å². The molecule has 0 aliphatic carbocycles. The predicted molar refractivity (Wildman–Crippen MR) is 115 cm³/mol. The lowest BCUT2D eigenvalue weighted by Crippen LogP contribution is -2.29. The molecule has 0 bridgehead atoms. The highest BCUT2D eigenvalue weighted by molar-refractivity contribution is 5.76. The molecule has 6 nitrogen and oxygen atoms in total. The summed E-state index contributed by atoms with van der Waals surface area (Å²) in [6, 6.07) is 17.3. The van der Waals surface area contributed by atoms with E-state index in [1.807, 2.05) is 56.3 Å². The number of carboxylic acids is 1. The largest absolute Gasteiger partial charge is 0.480 e. The molecule has 0 heterocycles. The maximum atomic E-state index is 10.5. The minimum Gasteiger partial charge on any atom is -0.480 e. The number of hydrogen-bond donors (Lipinski definition) is 4. The fourth-order valence-electron chi connectivity index (χ4n) is 2.02. The Labute approximate surface area is 167 Å². The number of rotatable bonds is 7. The van der Waals surface area contributed by atoms with E-state index in [1.54, 1.807) is 0 Å². The van der Waals surface area contributed by atoms with E-state index in [0.29, 0.717) is 24.6 Å². The number of aliphatic carboxylic acids is 1. The Morgan fingerprint density at radius 3 is 1.89 bits per heavy atom. The van der Waals surface area contributed by atoms with Crippen LogP contribution in [0.5, 0.6) is 0 Å². The molecule has 0 saturated carbocycles. The smallest absolute Gasteiger partial charge is 0.320 e. The maximum absolute atomic E-state index is 10.5. The highest BCUT2D eigenvalue weighted by atomic mass is 16.4. The van der Waals surface area contributed by atoms with Crippen LogP contribution in [0.2, 0.25) is 0 Å². The quantitative estimate of drug-likeness (QED) is 0.426. The first-order valence-corrected chi connectivity index (χ1v) is 9.36. The van der Waals surface area contributed by atoms with Gasteiger partial charge >= 0.3 is 5.97 Å². The van der Waals surface area contributed by atoms with Gasteiger partial charge in [-0.2, -0.15) is 0 Å². The van der Waals surface area contributed by atoms with E-state index in [0.717, 1.165) is 24.7 Å². The van der Waals surface area contributed by atoms with E-state index in [9.17, 15) is 9.59 Å². The van der Waals surface area contributed by atoms with Crippen LogP contribution in [-0.4, -0.2) is 36.0 Å². The highest BCUT2D eigenvalue weighted by Crippen LogP contribution is 2.18. The average molecular weight is 388 g/mol. The summed E-state index contributed by atoms with van der Waals surface area (Å²) in [7, 11) is 0. The number of aldehydes is 1. The predicted octanol–water partition coefficient (Wildman–Crippen LogP) is 3.05. The summed E-state index contributed by atoms with van der Waals surface area (Å²) in [6.07, 6.45) is 3.02. The molecular formula is C22H33N3O3. The zero-order valence-corrected chi connectivity index (χ0v) is 16.8. The van der Waals surface area contributed by atoms with Crippen LogP contribution in [0.15, 0.2) is 54.6 Å². The molecule has 1 atom stereocenters. The second-order valence-electron chi connectivity index (χ2n) is 6.58. The zero-order valence-electron chi connectivity index (χ0n) is 16.8. The van der Waals surface area contributed by atoms with Gasteiger partial charge in [0.2, 0.25) is 0 Å². The Morgan fingerprint density at radius 1 is 0.964 bits per heavy atom. The van der Waals surface area contributed by atoms with Crippen LogP contribution in [0.3, 0.4) is 0 Å². The topological polar surface area (TPSA) is 132 Å². The van der Waals surface area contributed by atoms with E-state index in [4.69, 9.17) is 22.3 Å². The Hall–Kier alpha value is -2.54. The molecule has 0 saturated heterocycles. The summed E-state index contributed by atoms with van der Waals surface area (Å²) in [4.78, 5) is 20.6. The summed E-state index contributed by atoms with van der Waals surface area (Å²) in [5.41, 5.74) is 18.5. The minimum absolute atomic E-state index is 0.333. The third kappa shape index (κ3) is 12.8. The van der Waals surface area contributed by atoms with Gasteiger partial charge in [-0.25, -0.2) is 0 Å². The third-order valence-corrected chi connectivity index (χ3v) is 3.44. The molecule has 0 aromatic heterocycles. The van der Waals surface area contributed by atoms with Gasteiger partial charge in [-0.05, 0) is 36.6 Å². The number of carbonyl (C=O) groups excluding carboxylic acids is 1. The molecule has 2 aromatic carbocycles. The molecule has 0 spiro atoms. The van der Waals surface area contributed by atoms with Crippen molar-refractivity contribution in [1.82, 2.24) is 0 Å². The molecule has 0 radical (unpaired) electrons. The summed E-state index contributed by atoms with van der Waals surface area (Å²) < 4.78 is 0. The highest BCUT2D eigenvalue weighted by Gasteiger charge is 2.09. The Balaban J connectivity index is 0.000000458. The zero-order chi connectivity index (χ0) is 21.4. The van der Waals surface area contributed by atoms with Gasteiger partial charge in [0.05, 0.1) is 0 Å². The van der Waals surface area contributed by atoms with Crippen molar-refractivity contribution in [2.24, 2.45) is 17.2 Å². The monoisotopic (exact) mass is 387 g/mol. The molecule has 6 heteroatoms. The van der Waals surface area contributed by atoms with Crippen molar-refractivity contribution in [2.75, 3.05) is 6.54 Å². The van der Waals surface area contributed by atoms with Crippen LogP contribution >= 0.6 is 0 Å². The van der Waals surface area contributed by atoms with E-state index in [1.165, 1.54) is 5.56 Å². The van der Waals surface area contributed by atoms with Crippen molar-refractivity contribution in [1.29, 1.82) is 0 Å². The molecule has 0 amide bonds. The SMILES string of the molecule is CC(C)N.NCCCC[C@H](N)C(=O)O.O=Cc1ccc(-c2ccccc2)cc1. The standard InChI is InChI=1S/C13H10O.C6H14N2O2.C3H9N/c14-10-11-6-8-13(9-7-11)12-4-2-1-3-5-12;7-4-2-1-3-5(8)6(9)10;1-3(2)4/h1-10H;5H,1-4,7-8H2,(H,9,10);3H,4H2,1-2H3/t;5-;/m.0./s1. The van der Waals surface area contributed by atoms with Gasteiger partial charge in [0.25, 0.3) is 0 Å². The van der Waals surface area contributed by atoms with Crippen LogP contribution in [0.1, 0.15) is 43.5 Å². The van der Waals surface area contributed by atoms with Gasteiger partial charge < -0.3 is 22.3 Å². The van der Waals surface area contributed by atoms with Crippen molar-refractivity contribution in [3.8, 4) is 11.1 Å². The van der Waals surface area contributed by atoms with Crippen LogP contribution in [0.25, 0.3) is 11.1 Å². The van der Waals surface area contributed by atoms with Crippen LogP contribution in [0.4, 0.5) is 0 Å². The molecule has 28 heavy (non-hydrogen) atoms. The minimum atomic E-state index is -0.933. The number of benzene rings is 2. The van der Waals surface area contributed by atoms with E-state index < -0.39 is 12.0 Å². The number of hydrogen-bond acceptors (Lipinski definition) is 5. The first kappa shape index (κ1) is 25.5. The van der Waals surface area contributed by atoms with Crippen molar-refractivity contribution in [2.45, 2.75) is 45.2 Å². The molecule has 154 valence electrons. The Kier molecular flexibility index (Phi) is 14.1. The molecule has 2 rings (SSSR count). The lowest BCUT2D eigenvalue weighted by Gasteiger charge is -2.03. The first-order chi connectivity index (χ1) is 13.3. The van der Waals surface area contributed by atoms with Gasteiger partial charge in [-0.15, -0.1) is 0 Å². The second-order valence-corrected chi connectivity index (χ2v) is 6.58. The second kappa shape index (κ2) is 15.5. The van der Waals surface area contributed by atoms with E-state index in [-0.39, 0.29) is 0 Å². The van der Waals surface area contributed by atoms with Crippen molar-refractivity contribution < 1.29 is 14.7 Å². The summed E-state index contributed by atoms with van der Waals surface area (Å²) in [5, 5.41) is 8.33. The van der Waals surface area contributed by atoms with Gasteiger partial charge in [-0.1, -0.05) is 74.9 Å². The first-order valence-electron chi connectivity index (χ1n) is 9.36. The van der Waals surface area contributed by atoms with E-state index in [2.05, 4.69) is 12.1 Å². The van der Waals surface area contributed by atoms with Crippen LogP contribution < -0.4 is 17.2 Å². The lowest BCUT2D eigenvalue weighted by atomic mass is 10.0. The van der Waals surface area contributed by atoms with Crippen LogP contribution in [-0.2, 0) is 4.79 Å². The Morgan fingerprint density at radius 2 is 1.46 bits per heavy atom. The molecule has 0 aliphatic rings. The molecule has 7 N–H and O–H groups in total. The number of carboxylic acid groups (broad SMARTS) is 1. The lowest BCUT2D eigenvalue weighted by molar-refractivity contribution is -0.138. The van der Waals surface area contributed by atoms with Gasteiger partial charge in [0.1, 0.15) is 12.3 Å². The van der Waals surface area contributed by atoms with Crippen molar-refractivity contribution in [3.05, 3.63) is 60.2 Å². The molecule has 0 unspecified atom stereocenters. The average Bonchev–Trinajstić information content (AvgIpc) is 2.69. The molecule has 0 fully saturated rings. The number of unbranched alkanes of at least 4 members (excludes halogenated alkanes) is 1. The molecule has 0 aliphatic heterocycles. The third-order valence-electron chi connectivity index (χ3n) is 3.44. The fourth-order valence-corrected chi connectivity index (χ4v) is 2.02. The summed E-state index contributed by atoms with van der Waals surface area (Å²) in [6.45, 7) is 4.49. The van der Waals surface area contributed by atoms with Gasteiger partial charge in [0, 0.05) is 5.56 Å². The van der Waals surface area contributed by atoms with E-state index >= 15 is 0 Å². The maximum Gasteiger partial charge on any atom is 0.320 e. The van der Waals surface area contributed by atoms with Gasteiger partial charge in [0.15, 0.2) is 0 Å². The van der Waals surface area contributed by atoms with Crippen LogP contribution in [0, 0.1) is 0 Å². The number of carbonyl (C=O) groups is 2. The normalized spacial score (nSPS) is 10.8. The summed E-state index contributed by atoms with van der Waals surface area (Å²) >= 11 is 0. The molecule has 2 aromatic rings. The summed E-state index contributed by atoms with van der Waals surface area (Å²) in [5.74, 6) is -0.933. The van der Waals surface area contributed by atoms with Crippen molar-refractivity contribution >= 4 is 12.3 Å². The fraction of sp³-hybridized carbons (Fsp3) is 0.364.